The molecule has 3 heterocycles. The van der Waals surface area contributed by atoms with E-state index in [-0.39, 0.29) is 17.7 Å². The lowest BCUT2D eigenvalue weighted by Crippen LogP contribution is -2.51. The number of nitrogens with one attached hydrogen (secondary N) is 2. The lowest BCUT2D eigenvalue weighted by Gasteiger charge is -2.41. The first kappa shape index (κ1) is 19.8. The van der Waals surface area contributed by atoms with Gasteiger partial charge in [-0.05, 0) is 43.9 Å². The van der Waals surface area contributed by atoms with Crippen LogP contribution < -0.4 is 10.6 Å². The quantitative estimate of drug-likeness (QED) is 0.764. The van der Waals surface area contributed by atoms with Crippen LogP contribution in [0.2, 0.25) is 0 Å². The summed E-state index contributed by atoms with van der Waals surface area (Å²) in [6, 6.07) is 4.40. The average Bonchev–Trinajstić information content (AvgIpc) is 2.73. The summed E-state index contributed by atoms with van der Waals surface area (Å²) in [7, 11) is 1.68. The Morgan fingerprint density at radius 3 is 2.74 bits per heavy atom. The Morgan fingerprint density at radius 1 is 1.22 bits per heavy atom. The van der Waals surface area contributed by atoms with E-state index in [0.717, 1.165) is 57.4 Å². The number of carbonyl (C=O) groups excluding carboxylic acids is 2. The molecule has 1 atom stereocenters. The first-order valence-electron chi connectivity index (χ1n) is 9.99. The fourth-order valence-electron chi connectivity index (χ4n) is 4.11. The van der Waals surface area contributed by atoms with Crippen molar-refractivity contribution in [3.05, 3.63) is 30.1 Å². The van der Waals surface area contributed by atoms with Gasteiger partial charge in [-0.1, -0.05) is 6.07 Å². The number of likely N-dealkylation sites (N-methyl/N-ethyl adjacent to an activating group) is 1. The third kappa shape index (κ3) is 5.74. The monoisotopic (exact) mass is 373 g/mol. The SMILES string of the molecule is CNC(=O)CN1CCC(N2CCCC(C(=O)NCc3cccnc3)C2)CC1. The van der Waals surface area contributed by atoms with Gasteiger partial charge in [0.15, 0.2) is 0 Å². The molecule has 0 aromatic carbocycles. The minimum atomic E-state index is 0.0688. The maximum absolute atomic E-state index is 12.6. The number of nitrogens with zero attached hydrogens (tertiary/aromatic N) is 3. The van der Waals surface area contributed by atoms with Gasteiger partial charge in [0.25, 0.3) is 0 Å². The molecule has 1 unspecified atom stereocenters. The van der Waals surface area contributed by atoms with Crippen LogP contribution in [0.3, 0.4) is 0 Å². The highest BCUT2D eigenvalue weighted by atomic mass is 16.2. The van der Waals surface area contributed by atoms with Crippen molar-refractivity contribution in [2.24, 2.45) is 5.92 Å². The summed E-state index contributed by atoms with van der Waals surface area (Å²) >= 11 is 0. The topological polar surface area (TPSA) is 77.6 Å². The second kappa shape index (κ2) is 9.80. The van der Waals surface area contributed by atoms with Gasteiger partial charge in [-0.25, -0.2) is 0 Å². The van der Waals surface area contributed by atoms with Crippen molar-refractivity contribution in [2.75, 3.05) is 39.8 Å². The molecule has 0 spiro atoms. The number of carbonyl (C=O) groups is 2. The largest absolute Gasteiger partial charge is 0.358 e. The van der Waals surface area contributed by atoms with Gasteiger partial charge in [0.05, 0.1) is 12.5 Å². The zero-order valence-corrected chi connectivity index (χ0v) is 16.2. The van der Waals surface area contributed by atoms with Crippen LogP contribution in [0.5, 0.6) is 0 Å². The molecule has 148 valence electrons. The molecule has 2 fully saturated rings. The minimum Gasteiger partial charge on any atom is -0.358 e. The maximum atomic E-state index is 12.6. The summed E-state index contributed by atoms with van der Waals surface area (Å²) < 4.78 is 0. The number of aromatic nitrogens is 1. The zero-order chi connectivity index (χ0) is 19.1. The van der Waals surface area contributed by atoms with Crippen molar-refractivity contribution in [3.8, 4) is 0 Å². The smallest absolute Gasteiger partial charge is 0.233 e. The molecule has 7 heteroatoms. The van der Waals surface area contributed by atoms with Gasteiger partial charge < -0.3 is 10.6 Å². The van der Waals surface area contributed by atoms with Gasteiger partial charge in [-0.3, -0.25) is 24.4 Å². The van der Waals surface area contributed by atoms with E-state index in [1.54, 1.807) is 19.4 Å². The summed E-state index contributed by atoms with van der Waals surface area (Å²) in [4.78, 5) is 32.9. The summed E-state index contributed by atoms with van der Waals surface area (Å²) in [5, 5.41) is 5.76. The molecule has 2 aliphatic rings. The van der Waals surface area contributed by atoms with E-state index in [1.165, 1.54) is 0 Å². The highest BCUT2D eigenvalue weighted by molar-refractivity contribution is 5.79. The van der Waals surface area contributed by atoms with Crippen LogP contribution >= 0.6 is 0 Å². The Hall–Kier alpha value is -1.99. The van der Waals surface area contributed by atoms with Gasteiger partial charge in [0.1, 0.15) is 0 Å². The Labute approximate surface area is 161 Å². The third-order valence-electron chi connectivity index (χ3n) is 5.73. The molecular weight excluding hydrogens is 342 g/mol. The van der Waals surface area contributed by atoms with E-state index in [4.69, 9.17) is 0 Å². The fourth-order valence-corrected chi connectivity index (χ4v) is 4.11. The Kier molecular flexibility index (Phi) is 7.18. The van der Waals surface area contributed by atoms with Crippen molar-refractivity contribution in [3.63, 3.8) is 0 Å². The van der Waals surface area contributed by atoms with Crippen LogP contribution in [0.15, 0.2) is 24.5 Å². The number of likely N-dealkylation sites (tertiary alicyclic amines) is 2. The number of rotatable bonds is 6. The van der Waals surface area contributed by atoms with Crippen molar-refractivity contribution in [1.29, 1.82) is 0 Å². The van der Waals surface area contributed by atoms with E-state index < -0.39 is 0 Å². The molecule has 0 radical (unpaired) electrons. The van der Waals surface area contributed by atoms with E-state index >= 15 is 0 Å². The van der Waals surface area contributed by atoms with Gasteiger partial charge in [0, 0.05) is 51.7 Å². The Morgan fingerprint density at radius 2 is 2.04 bits per heavy atom. The molecule has 1 aromatic rings. The van der Waals surface area contributed by atoms with E-state index in [0.29, 0.717) is 19.1 Å². The van der Waals surface area contributed by atoms with Crippen LogP contribution in [0.25, 0.3) is 0 Å². The molecule has 2 saturated heterocycles. The molecular formula is C20H31N5O2. The second-order valence-corrected chi connectivity index (χ2v) is 7.59. The highest BCUT2D eigenvalue weighted by Crippen LogP contribution is 2.24. The van der Waals surface area contributed by atoms with Crippen LogP contribution in [0.1, 0.15) is 31.2 Å². The minimum absolute atomic E-state index is 0.0688. The van der Waals surface area contributed by atoms with E-state index in [2.05, 4.69) is 25.4 Å². The summed E-state index contributed by atoms with van der Waals surface area (Å²) in [5.74, 6) is 0.302. The number of hydrogen-bond acceptors (Lipinski definition) is 5. The Balaban J connectivity index is 1.44. The van der Waals surface area contributed by atoms with Crippen molar-refractivity contribution < 1.29 is 9.59 Å². The maximum Gasteiger partial charge on any atom is 0.233 e. The van der Waals surface area contributed by atoms with E-state index in [1.807, 2.05) is 12.1 Å². The van der Waals surface area contributed by atoms with Crippen molar-refractivity contribution >= 4 is 11.8 Å². The van der Waals surface area contributed by atoms with Crippen LogP contribution in [-0.4, -0.2) is 72.4 Å². The molecule has 2 amide bonds. The first-order chi connectivity index (χ1) is 13.2. The highest BCUT2D eigenvalue weighted by Gasteiger charge is 2.31. The number of piperidine rings is 2. The molecule has 2 N–H and O–H groups in total. The summed E-state index contributed by atoms with van der Waals surface area (Å²) in [5.41, 5.74) is 1.03. The van der Waals surface area contributed by atoms with Crippen LogP contribution in [-0.2, 0) is 16.1 Å². The lowest BCUT2D eigenvalue weighted by atomic mass is 9.93. The molecule has 7 nitrogen and oxygen atoms in total. The molecule has 3 rings (SSSR count). The van der Waals surface area contributed by atoms with Crippen molar-refractivity contribution in [2.45, 2.75) is 38.3 Å². The van der Waals surface area contributed by atoms with Crippen molar-refractivity contribution in [1.82, 2.24) is 25.4 Å². The second-order valence-electron chi connectivity index (χ2n) is 7.59. The van der Waals surface area contributed by atoms with Crippen LogP contribution in [0.4, 0.5) is 0 Å². The average molecular weight is 374 g/mol. The zero-order valence-electron chi connectivity index (χ0n) is 16.2. The van der Waals surface area contributed by atoms with Gasteiger partial charge in [0.2, 0.25) is 11.8 Å². The molecule has 0 bridgehead atoms. The fraction of sp³-hybridized carbons (Fsp3) is 0.650. The molecule has 27 heavy (non-hydrogen) atoms. The van der Waals surface area contributed by atoms with E-state index in [9.17, 15) is 9.59 Å². The summed E-state index contributed by atoms with van der Waals surface area (Å²) in [6.45, 7) is 4.86. The van der Waals surface area contributed by atoms with Gasteiger partial charge >= 0.3 is 0 Å². The summed E-state index contributed by atoms with van der Waals surface area (Å²) in [6.07, 6.45) is 7.71. The Bertz CT molecular complexity index is 616. The molecule has 1 aromatic heterocycles. The number of hydrogen-bond donors (Lipinski definition) is 2. The lowest BCUT2D eigenvalue weighted by molar-refractivity contribution is -0.127. The number of amides is 2. The normalized spacial score (nSPS) is 22.3. The first-order valence-corrected chi connectivity index (χ1v) is 9.99. The van der Waals surface area contributed by atoms with Crippen LogP contribution in [0, 0.1) is 5.92 Å². The van der Waals surface area contributed by atoms with Gasteiger partial charge in [-0.15, -0.1) is 0 Å². The number of pyridine rings is 1. The predicted octanol–water partition coefficient (Wildman–Crippen LogP) is 0.620. The molecule has 0 saturated carbocycles. The molecule has 2 aliphatic heterocycles. The standard InChI is InChI=1S/C20H31N5O2/c1-21-19(26)15-24-10-6-18(7-11-24)25-9-3-5-17(14-25)20(27)23-13-16-4-2-8-22-12-16/h2,4,8,12,17-18H,3,5-7,9-11,13-15H2,1H3,(H,21,26)(H,23,27). The van der Waals surface area contributed by atoms with Gasteiger partial charge in [-0.2, -0.15) is 0 Å². The third-order valence-corrected chi connectivity index (χ3v) is 5.73. The predicted molar refractivity (Wildman–Crippen MR) is 104 cm³/mol. The molecule has 0 aliphatic carbocycles.